The van der Waals surface area contributed by atoms with Crippen molar-refractivity contribution in [3.63, 3.8) is 0 Å². The van der Waals surface area contributed by atoms with Crippen molar-refractivity contribution < 1.29 is 4.39 Å². The molecule has 2 rings (SSSR count). The van der Waals surface area contributed by atoms with Gasteiger partial charge >= 0.3 is 0 Å². The minimum absolute atomic E-state index is 0.159. The third-order valence-corrected chi connectivity index (χ3v) is 3.82. The molecular weight excluding hydrogens is 281 g/mol. The molecule has 0 saturated heterocycles. The average molecular weight is 300 g/mol. The van der Waals surface area contributed by atoms with Gasteiger partial charge in [0, 0.05) is 10.5 Å². The van der Waals surface area contributed by atoms with Crippen LogP contribution in [0.2, 0.25) is 0 Å². The molecule has 1 aliphatic carbocycles. The average Bonchev–Trinajstić information content (AvgIpc) is 2.12. The van der Waals surface area contributed by atoms with E-state index in [1.54, 1.807) is 6.07 Å². The zero-order valence-corrected chi connectivity index (χ0v) is 11.8. The van der Waals surface area contributed by atoms with Gasteiger partial charge in [-0.1, -0.05) is 29.3 Å². The second-order valence-electron chi connectivity index (χ2n) is 5.12. The second-order valence-corrected chi connectivity index (χ2v) is 6.04. The van der Waals surface area contributed by atoms with Crippen molar-refractivity contribution in [2.75, 3.05) is 6.54 Å². The summed E-state index contributed by atoms with van der Waals surface area (Å²) >= 11 is 3.33. The van der Waals surface area contributed by atoms with Crippen LogP contribution in [0.15, 0.2) is 22.7 Å². The summed E-state index contributed by atoms with van der Waals surface area (Å²) in [5, 5.41) is 3.56. The highest BCUT2D eigenvalue weighted by molar-refractivity contribution is 9.10. The molecule has 0 aliphatic heterocycles. The molecule has 1 fully saturated rings. The molecule has 0 heterocycles. The zero-order chi connectivity index (χ0) is 12.3. The normalized spacial score (nSPS) is 17.8. The summed E-state index contributed by atoms with van der Waals surface area (Å²) in [5.74, 6) is 0.387. The highest BCUT2D eigenvalue weighted by Gasteiger charge is 2.17. The largest absolute Gasteiger partial charge is 0.314 e. The van der Waals surface area contributed by atoms with Crippen LogP contribution in [0, 0.1) is 11.7 Å². The van der Waals surface area contributed by atoms with Crippen LogP contribution in [0.1, 0.15) is 31.7 Å². The van der Waals surface area contributed by atoms with Crippen LogP contribution >= 0.6 is 15.9 Å². The molecule has 1 N–H and O–H groups in total. The third kappa shape index (κ3) is 4.07. The number of benzene rings is 1. The Morgan fingerprint density at radius 1 is 1.41 bits per heavy atom. The molecular formula is C14H19BrFN. The fourth-order valence-corrected chi connectivity index (χ4v) is 2.70. The van der Waals surface area contributed by atoms with Crippen LogP contribution < -0.4 is 5.32 Å². The van der Waals surface area contributed by atoms with Gasteiger partial charge in [-0.2, -0.15) is 0 Å². The molecule has 1 unspecified atom stereocenters. The van der Waals surface area contributed by atoms with E-state index in [4.69, 9.17) is 0 Å². The molecule has 1 aromatic rings. The third-order valence-electron chi connectivity index (χ3n) is 3.37. The molecule has 3 heteroatoms. The molecule has 94 valence electrons. The van der Waals surface area contributed by atoms with Crippen LogP contribution in [0.3, 0.4) is 0 Å². The van der Waals surface area contributed by atoms with Crippen LogP contribution in [-0.4, -0.2) is 12.6 Å². The van der Waals surface area contributed by atoms with E-state index in [2.05, 4.69) is 28.2 Å². The molecule has 1 atom stereocenters. The lowest BCUT2D eigenvalue weighted by molar-refractivity contribution is 0.320. The summed E-state index contributed by atoms with van der Waals surface area (Å²) in [4.78, 5) is 0. The number of nitrogens with one attached hydrogen (secondary N) is 1. The van der Waals surface area contributed by atoms with Crippen LogP contribution in [0.25, 0.3) is 0 Å². The van der Waals surface area contributed by atoms with Gasteiger partial charge in [0.15, 0.2) is 0 Å². The van der Waals surface area contributed by atoms with Crippen molar-refractivity contribution in [2.24, 2.45) is 5.92 Å². The molecule has 1 aliphatic rings. The van der Waals surface area contributed by atoms with Crippen molar-refractivity contribution in [3.05, 3.63) is 34.1 Å². The Morgan fingerprint density at radius 3 is 2.76 bits per heavy atom. The number of hydrogen-bond donors (Lipinski definition) is 1. The Morgan fingerprint density at radius 2 is 2.18 bits per heavy atom. The summed E-state index contributed by atoms with van der Waals surface area (Å²) in [6.07, 6.45) is 4.93. The minimum atomic E-state index is -0.159. The highest BCUT2D eigenvalue weighted by Crippen LogP contribution is 2.20. The van der Waals surface area contributed by atoms with Gasteiger partial charge in [0.25, 0.3) is 0 Å². The van der Waals surface area contributed by atoms with Gasteiger partial charge in [0.1, 0.15) is 5.82 Å². The Bertz CT molecular complexity index is 356. The lowest BCUT2D eigenvalue weighted by Gasteiger charge is -2.28. The summed E-state index contributed by atoms with van der Waals surface area (Å²) in [5.41, 5.74) is 1.07. The van der Waals surface area contributed by atoms with Crippen LogP contribution in [0.5, 0.6) is 0 Å². The lowest BCUT2D eigenvalue weighted by Crippen LogP contribution is -2.38. The first-order valence-corrected chi connectivity index (χ1v) is 7.11. The molecule has 0 radical (unpaired) electrons. The van der Waals surface area contributed by atoms with Crippen molar-refractivity contribution in [3.8, 4) is 0 Å². The quantitative estimate of drug-likeness (QED) is 0.869. The van der Waals surface area contributed by atoms with Gasteiger partial charge in [0.2, 0.25) is 0 Å². The first-order valence-electron chi connectivity index (χ1n) is 6.32. The van der Waals surface area contributed by atoms with Gasteiger partial charge in [-0.05, 0) is 55.5 Å². The van der Waals surface area contributed by atoms with E-state index in [-0.39, 0.29) is 5.82 Å². The topological polar surface area (TPSA) is 12.0 Å². The van der Waals surface area contributed by atoms with Crippen molar-refractivity contribution in [2.45, 2.75) is 38.6 Å². The standard InChI is InChI=1S/C14H19BrFN/c1-10(9-17-14-3-2-4-14)5-11-6-12(15)8-13(16)7-11/h6-8,10,14,17H,2-5,9H2,1H3. The predicted molar refractivity (Wildman–Crippen MR) is 72.6 cm³/mol. The second kappa shape index (κ2) is 5.96. The smallest absolute Gasteiger partial charge is 0.124 e. The maximum Gasteiger partial charge on any atom is 0.124 e. The molecule has 0 aromatic heterocycles. The number of rotatable bonds is 5. The number of hydrogen-bond acceptors (Lipinski definition) is 1. The molecule has 0 amide bonds. The molecule has 1 saturated carbocycles. The van der Waals surface area contributed by atoms with Crippen LogP contribution in [0.4, 0.5) is 4.39 Å². The van der Waals surface area contributed by atoms with Gasteiger partial charge in [-0.3, -0.25) is 0 Å². The molecule has 1 nitrogen and oxygen atoms in total. The van der Waals surface area contributed by atoms with Gasteiger partial charge in [-0.25, -0.2) is 4.39 Å². The Kier molecular flexibility index (Phi) is 4.57. The van der Waals surface area contributed by atoms with Crippen molar-refractivity contribution in [1.29, 1.82) is 0 Å². The van der Waals surface area contributed by atoms with Gasteiger partial charge in [0.05, 0.1) is 0 Å². The Hall–Kier alpha value is -0.410. The molecule has 0 spiro atoms. The molecule has 1 aromatic carbocycles. The van der Waals surface area contributed by atoms with Crippen molar-refractivity contribution in [1.82, 2.24) is 5.32 Å². The van der Waals surface area contributed by atoms with E-state index in [1.807, 2.05) is 6.07 Å². The monoisotopic (exact) mass is 299 g/mol. The van der Waals surface area contributed by atoms with E-state index in [9.17, 15) is 4.39 Å². The summed E-state index contributed by atoms with van der Waals surface area (Å²) in [6, 6.07) is 5.87. The maximum atomic E-state index is 13.2. The fraction of sp³-hybridized carbons (Fsp3) is 0.571. The van der Waals surface area contributed by atoms with E-state index in [0.717, 1.165) is 29.0 Å². The van der Waals surface area contributed by atoms with E-state index < -0.39 is 0 Å². The first kappa shape index (κ1) is 13.0. The molecule has 0 bridgehead atoms. The van der Waals surface area contributed by atoms with E-state index in [0.29, 0.717) is 5.92 Å². The summed E-state index contributed by atoms with van der Waals surface area (Å²) in [6.45, 7) is 3.24. The Balaban J connectivity index is 1.81. The van der Waals surface area contributed by atoms with Crippen LogP contribution in [-0.2, 0) is 6.42 Å². The lowest BCUT2D eigenvalue weighted by atomic mass is 9.92. The van der Waals surface area contributed by atoms with Crippen molar-refractivity contribution >= 4 is 15.9 Å². The van der Waals surface area contributed by atoms with Gasteiger partial charge in [-0.15, -0.1) is 0 Å². The highest BCUT2D eigenvalue weighted by atomic mass is 79.9. The first-order chi connectivity index (χ1) is 8.13. The SMILES string of the molecule is CC(CNC1CCC1)Cc1cc(F)cc(Br)c1. The van der Waals surface area contributed by atoms with Gasteiger partial charge < -0.3 is 5.32 Å². The fourth-order valence-electron chi connectivity index (χ4n) is 2.18. The zero-order valence-electron chi connectivity index (χ0n) is 10.2. The van der Waals surface area contributed by atoms with E-state index in [1.165, 1.54) is 25.3 Å². The molecule has 17 heavy (non-hydrogen) atoms. The Labute approximate surface area is 111 Å². The minimum Gasteiger partial charge on any atom is -0.314 e. The number of halogens is 2. The predicted octanol–water partition coefficient (Wildman–Crippen LogP) is 3.91. The van der Waals surface area contributed by atoms with E-state index >= 15 is 0 Å². The maximum absolute atomic E-state index is 13.2. The summed E-state index contributed by atoms with van der Waals surface area (Å²) < 4.78 is 14.0. The summed E-state index contributed by atoms with van der Waals surface area (Å²) in [7, 11) is 0.